The van der Waals surface area contributed by atoms with Crippen molar-refractivity contribution < 1.29 is 26.4 Å². The molecule has 0 atom stereocenters. The summed E-state index contributed by atoms with van der Waals surface area (Å²) in [5, 5.41) is 2.37. The maximum absolute atomic E-state index is 13.3. The number of hydrogen-bond donors (Lipinski definition) is 1. The average Bonchev–Trinajstić information content (AvgIpc) is 3.00. The lowest BCUT2D eigenvalue weighted by atomic mass is 10.1. The number of anilines is 1. The van der Waals surface area contributed by atoms with Crippen LogP contribution in [0.5, 0.6) is 0 Å². The van der Waals surface area contributed by atoms with Crippen LogP contribution in [0.25, 0.3) is 15.8 Å². The van der Waals surface area contributed by atoms with E-state index in [1.807, 2.05) is 0 Å². The highest BCUT2D eigenvalue weighted by molar-refractivity contribution is 7.90. The van der Waals surface area contributed by atoms with Crippen LogP contribution in [0, 0.1) is 0 Å². The topological polar surface area (TPSA) is 76.1 Å². The van der Waals surface area contributed by atoms with E-state index < -0.39 is 27.5 Å². The zero-order chi connectivity index (χ0) is 20.5. The molecule has 0 spiro atoms. The van der Waals surface area contributed by atoms with Crippen LogP contribution in [-0.4, -0.2) is 31.7 Å². The fourth-order valence-corrected chi connectivity index (χ4v) is 4.04. The molecule has 1 aromatic heterocycles. The number of nitrogens with one attached hydrogen (secondary N) is 1. The van der Waals surface area contributed by atoms with Gasteiger partial charge in [-0.3, -0.25) is 10.1 Å². The van der Waals surface area contributed by atoms with E-state index in [1.165, 1.54) is 42.5 Å². The van der Waals surface area contributed by atoms with Gasteiger partial charge in [0.05, 0.1) is 20.7 Å². The van der Waals surface area contributed by atoms with Gasteiger partial charge >= 0.3 is 6.18 Å². The SMILES string of the molecule is CS(=O)(=O)c1ccc2nc(NC(=O)/C=C(/c3ccccc3)C(F)(F)F)sc2c1. The molecule has 5 nitrogen and oxygen atoms in total. The van der Waals surface area contributed by atoms with Crippen LogP contribution in [0.3, 0.4) is 0 Å². The number of halogens is 3. The summed E-state index contributed by atoms with van der Waals surface area (Å²) in [6.07, 6.45) is -3.18. The smallest absolute Gasteiger partial charge is 0.298 e. The highest BCUT2D eigenvalue weighted by atomic mass is 32.2. The lowest BCUT2D eigenvalue weighted by Crippen LogP contribution is -2.15. The zero-order valence-electron chi connectivity index (χ0n) is 14.3. The van der Waals surface area contributed by atoms with Gasteiger partial charge in [-0.15, -0.1) is 0 Å². The molecule has 0 aliphatic carbocycles. The fourth-order valence-electron chi connectivity index (χ4n) is 2.41. The number of alkyl halides is 3. The summed E-state index contributed by atoms with van der Waals surface area (Å²) in [4.78, 5) is 16.3. The number of fused-ring (bicyclic) bond motifs is 1. The summed E-state index contributed by atoms with van der Waals surface area (Å²) in [7, 11) is -3.41. The Hall–Kier alpha value is -2.72. The van der Waals surface area contributed by atoms with E-state index in [9.17, 15) is 26.4 Å². The van der Waals surface area contributed by atoms with Crippen LogP contribution < -0.4 is 5.32 Å². The quantitative estimate of drug-likeness (QED) is 0.632. The van der Waals surface area contributed by atoms with E-state index in [1.54, 1.807) is 6.07 Å². The molecule has 2 aromatic carbocycles. The molecule has 1 amide bonds. The number of hydrogen-bond acceptors (Lipinski definition) is 5. The number of carbonyl (C=O) groups is 1. The number of benzene rings is 2. The van der Waals surface area contributed by atoms with Crippen molar-refractivity contribution in [2.75, 3.05) is 11.6 Å². The monoisotopic (exact) mass is 426 g/mol. The number of thiazole rings is 1. The minimum Gasteiger partial charge on any atom is -0.298 e. The van der Waals surface area contributed by atoms with Gasteiger partial charge in [-0.05, 0) is 23.8 Å². The largest absolute Gasteiger partial charge is 0.417 e. The summed E-state index contributed by atoms with van der Waals surface area (Å²) in [5.41, 5.74) is -0.783. The molecular formula is C18H13F3N2O3S2. The molecule has 0 aliphatic rings. The van der Waals surface area contributed by atoms with Crippen molar-refractivity contribution in [2.45, 2.75) is 11.1 Å². The van der Waals surface area contributed by atoms with Crippen LogP contribution in [0.15, 0.2) is 59.5 Å². The lowest BCUT2D eigenvalue weighted by molar-refractivity contribution is -0.112. The van der Waals surface area contributed by atoms with Gasteiger partial charge in [-0.1, -0.05) is 41.7 Å². The van der Waals surface area contributed by atoms with Gasteiger partial charge in [-0.2, -0.15) is 13.2 Å². The highest BCUT2D eigenvalue weighted by Crippen LogP contribution is 2.34. The van der Waals surface area contributed by atoms with Gasteiger partial charge < -0.3 is 0 Å². The molecule has 3 rings (SSSR count). The summed E-state index contributed by atoms with van der Waals surface area (Å²) < 4.78 is 63.6. The lowest BCUT2D eigenvalue weighted by Gasteiger charge is -2.11. The second kappa shape index (κ2) is 7.36. The van der Waals surface area contributed by atoms with Crippen LogP contribution >= 0.6 is 11.3 Å². The van der Waals surface area contributed by atoms with E-state index >= 15 is 0 Å². The van der Waals surface area contributed by atoms with Crippen molar-refractivity contribution in [1.29, 1.82) is 0 Å². The molecule has 10 heteroatoms. The molecule has 0 fully saturated rings. The van der Waals surface area contributed by atoms with Gasteiger partial charge in [0, 0.05) is 12.3 Å². The molecule has 0 saturated heterocycles. The first-order valence-corrected chi connectivity index (χ1v) is 10.5. The molecule has 3 aromatic rings. The zero-order valence-corrected chi connectivity index (χ0v) is 16.0. The maximum atomic E-state index is 13.3. The van der Waals surface area contributed by atoms with Gasteiger partial charge in [0.15, 0.2) is 15.0 Å². The Balaban J connectivity index is 1.90. The predicted molar refractivity (Wildman–Crippen MR) is 102 cm³/mol. The number of carbonyl (C=O) groups excluding carboxylic acids is 1. The van der Waals surface area contributed by atoms with E-state index in [0.29, 0.717) is 16.3 Å². The molecular weight excluding hydrogens is 413 g/mol. The number of amides is 1. The molecule has 146 valence electrons. The summed E-state index contributed by atoms with van der Waals surface area (Å²) in [6.45, 7) is 0. The number of sulfone groups is 1. The molecule has 0 radical (unpaired) electrons. The number of aromatic nitrogens is 1. The average molecular weight is 426 g/mol. The minimum absolute atomic E-state index is 0.0662. The summed E-state index contributed by atoms with van der Waals surface area (Å²) >= 11 is 0.968. The van der Waals surface area contributed by atoms with E-state index in [2.05, 4.69) is 10.3 Å². The molecule has 0 unspecified atom stereocenters. The van der Waals surface area contributed by atoms with E-state index in [4.69, 9.17) is 0 Å². The molecule has 1 heterocycles. The van der Waals surface area contributed by atoms with Gasteiger partial charge in [-0.25, -0.2) is 13.4 Å². The standard InChI is InChI=1S/C18H13F3N2O3S2/c1-28(25,26)12-7-8-14-15(9-12)27-17(22-14)23-16(24)10-13(18(19,20)21)11-5-3-2-4-6-11/h2-10H,1H3,(H,22,23,24)/b13-10-. The maximum Gasteiger partial charge on any atom is 0.417 e. The normalized spacial score (nSPS) is 12.9. The second-order valence-electron chi connectivity index (χ2n) is 5.83. The Morgan fingerprint density at radius 2 is 1.82 bits per heavy atom. The third-order valence-electron chi connectivity index (χ3n) is 3.68. The third-order valence-corrected chi connectivity index (χ3v) is 5.73. The molecule has 0 aliphatic heterocycles. The predicted octanol–water partition coefficient (Wildman–Crippen LogP) is 4.28. The van der Waals surface area contributed by atoms with Crippen molar-refractivity contribution in [3.05, 3.63) is 60.2 Å². The second-order valence-corrected chi connectivity index (χ2v) is 8.88. The number of rotatable bonds is 4. The van der Waals surface area contributed by atoms with Gasteiger partial charge in [0.2, 0.25) is 0 Å². The van der Waals surface area contributed by atoms with Crippen molar-refractivity contribution in [3.8, 4) is 0 Å². The van der Waals surface area contributed by atoms with Crippen LogP contribution in [0.1, 0.15) is 5.56 Å². The van der Waals surface area contributed by atoms with E-state index in [-0.39, 0.29) is 15.6 Å². The fraction of sp³-hybridized carbons (Fsp3) is 0.111. The molecule has 0 saturated carbocycles. The summed E-state index contributed by atoms with van der Waals surface area (Å²) in [5.74, 6) is -0.987. The van der Waals surface area contributed by atoms with Gasteiger partial charge in [0.1, 0.15) is 0 Å². The van der Waals surface area contributed by atoms with Crippen molar-refractivity contribution in [1.82, 2.24) is 4.98 Å². The first-order chi connectivity index (χ1) is 13.0. The Kier molecular flexibility index (Phi) is 5.26. The highest BCUT2D eigenvalue weighted by Gasteiger charge is 2.35. The Labute approximate surface area is 162 Å². The Bertz CT molecular complexity index is 1170. The Morgan fingerprint density at radius 3 is 2.43 bits per heavy atom. The Morgan fingerprint density at radius 1 is 1.14 bits per heavy atom. The number of allylic oxidation sites excluding steroid dienone is 1. The molecule has 0 bridgehead atoms. The van der Waals surface area contributed by atoms with Crippen LogP contribution in [0.4, 0.5) is 18.3 Å². The van der Waals surface area contributed by atoms with E-state index in [0.717, 1.165) is 17.6 Å². The van der Waals surface area contributed by atoms with Crippen molar-refractivity contribution in [3.63, 3.8) is 0 Å². The number of nitrogens with zero attached hydrogens (tertiary/aromatic N) is 1. The third kappa shape index (κ3) is 4.57. The van der Waals surface area contributed by atoms with Crippen molar-refractivity contribution in [2.24, 2.45) is 0 Å². The molecule has 28 heavy (non-hydrogen) atoms. The first-order valence-electron chi connectivity index (χ1n) is 7.80. The first kappa shape index (κ1) is 20.0. The molecule has 1 N–H and O–H groups in total. The minimum atomic E-state index is -4.71. The van der Waals surface area contributed by atoms with Crippen molar-refractivity contribution >= 4 is 48.0 Å². The summed E-state index contributed by atoms with van der Waals surface area (Å²) in [6, 6.07) is 11.2. The van der Waals surface area contributed by atoms with Crippen LogP contribution in [0.2, 0.25) is 0 Å². The van der Waals surface area contributed by atoms with Crippen LogP contribution in [-0.2, 0) is 14.6 Å². The van der Waals surface area contributed by atoms with Gasteiger partial charge in [0.25, 0.3) is 5.91 Å².